The van der Waals surface area contributed by atoms with E-state index in [2.05, 4.69) is 47.5 Å². The lowest BCUT2D eigenvalue weighted by molar-refractivity contribution is -0.135. The summed E-state index contributed by atoms with van der Waals surface area (Å²) in [4.78, 5) is 131. The van der Waals surface area contributed by atoms with Gasteiger partial charge in [0.15, 0.2) is 5.96 Å². The molecule has 25 nitrogen and oxygen atoms in total. The summed E-state index contributed by atoms with van der Waals surface area (Å²) in [6.07, 6.45) is 0.919. The third-order valence-electron chi connectivity index (χ3n) is 13.9. The number of amides is 9. The molecule has 9 atom stereocenters. The van der Waals surface area contributed by atoms with Gasteiger partial charge in [-0.25, -0.2) is 0 Å². The van der Waals surface area contributed by atoms with Gasteiger partial charge in [-0.2, -0.15) is 0 Å². The molecule has 0 spiro atoms. The summed E-state index contributed by atoms with van der Waals surface area (Å²) in [7, 11) is 2.02. The summed E-state index contributed by atoms with van der Waals surface area (Å²) in [6.45, 7) is 3.62. The van der Waals surface area contributed by atoms with Crippen molar-refractivity contribution in [3.63, 3.8) is 0 Å². The molecule has 0 bridgehead atoms. The average molecular weight is 1200 g/mol. The van der Waals surface area contributed by atoms with Crippen LogP contribution in [-0.4, -0.2) is 154 Å². The number of aliphatic imine (C=N–C) groups is 1. The molecule has 1 aliphatic rings. The predicted octanol–water partition coefficient (Wildman–Crippen LogP) is -1.19. The van der Waals surface area contributed by atoms with E-state index >= 15 is 4.79 Å². The molecule has 454 valence electrons. The number of unbranched alkanes of at least 4 members (excludes halogenated alkanes) is 1. The van der Waals surface area contributed by atoms with Crippen LogP contribution in [0.3, 0.4) is 0 Å². The number of nitrogens with two attached hydrogens (primary N) is 5. The number of fused-ring (bicyclic) bond motifs is 1. The fourth-order valence-electron chi connectivity index (χ4n) is 9.02. The number of rotatable bonds is 22. The fraction of sp³-hybridized carbons (Fsp3) is 0.439. The van der Waals surface area contributed by atoms with Gasteiger partial charge < -0.3 is 81.4 Å². The maximum absolute atomic E-state index is 15.1. The van der Waals surface area contributed by atoms with Crippen molar-refractivity contribution in [1.29, 1.82) is 0 Å². The van der Waals surface area contributed by atoms with Crippen molar-refractivity contribution in [2.45, 2.75) is 125 Å². The van der Waals surface area contributed by atoms with E-state index < -0.39 is 125 Å². The first kappa shape index (κ1) is 66.8. The Balaban J connectivity index is 1.57. The quantitative estimate of drug-likeness (QED) is 0.0190. The van der Waals surface area contributed by atoms with E-state index in [9.17, 15) is 48.6 Å². The lowest BCUT2D eigenvalue weighted by atomic mass is 9.90. The molecule has 5 rings (SSSR count). The highest BCUT2D eigenvalue weighted by molar-refractivity contribution is 8.77. The first-order valence-corrected chi connectivity index (χ1v) is 29.7. The molecule has 4 aromatic rings. The van der Waals surface area contributed by atoms with Crippen LogP contribution in [0.4, 0.5) is 0 Å². The SMILES string of the molecule is C[C@H](c1ccc2ccccc2c1)[C@H]1NC(=O)[C@H](NC(=O)[C@@H](N)Cc2ccc(O)cc2)C(C)(C)SSCC(C(=O)N[C@@H](CCCCN)C(=O)N[C@@H](CCCN=C(N)N)C(N)=O)NC(=O)[C@H](Cc2ccccc2)NC(=O)[C@H](CO)NC(=O)CNC1=O. The second-order valence-electron chi connectivity index (χ2n) is 20.9. The van der Waals surface area contributed by atoms with Gasteiger partial charge >= 0.3 is 0 Å². The lowest BCUT2D eigenvalue weighted by Gasteiger charge is -2.35. The number of guanidine groups is 1. The number of aliphatic hydroxyl groups excluding tert-OH is 1. The van der Waals surface area contributed by atoms with Crippen molar-refractivity contribution in [2.75, 3.05) is 32.0 Å². The highest BCUT2D eigenvalue weighted by Gasteiger charge is 2.42. The van der Waals surface area contributed by atoms with E-state index in [1.165, 1.54) is 12.1 Å². The Morgan fingerprint density at radius 1 is 0.738 bits per heavy atom. The van der Waals surface area contributed by atoms with E-state index in [4.69, 9.17) is 28.7 Å². The third kappa shape index (κ3) is 20.7. The number of carbonyl (C=O) groups excluding carboxylic acids is 9. The number of primary amides is 1. The molecule has 4 aromatic carbocycles. The Labute approximate surface area is 495 Å². The van der Waals surface area contributed by atoms with Crippen LogP contribution in [-0.2, 0) is 56.0 Å². The van der Waals surface area contributed by atoms with Gasteiger partial charge in [-0.05, 0) is 98.5 Å². The number of nitrogens with one attached hydrogen (secondary N) is 8. The zero-order valence-corrected chi connectivity index (χ0v) is 48.8. The molecule has 1 unspecified atom stereocenters. The van der Waals surface area contributed by atoms with Gasteiger partial charge in [-0.1, -0.05) is 113 Å². The molecule has 1 saturated heterocycles. The van der Waals surface area contributed by atoms with E-state index in [0.717, 1.165) is 32.4 Å². The second-order valence-corrected chi connectivity index (χ2v) is 23.9. The number of aliphatic hydroxyl groups is 1. The maximum atomic E-state index is 15.1. The van der Waals surface area contributed by atoms with Crippen LogP contribution < -0.4 is 71.2 Å². The van der Waals surface area contributed by atoms with Crippen LogP contribution in [0.25, 0.3) is 10.8 Å². The summed E-state index contributed by atoms with van der Waals surface area (Å²) in [5.74, 6) is -9.11. The summed E-state index contributed by atoms with van der Waals surface area (Å²) >= 11 is 0. The van der Waals surface area contributed by atoms with Crippen molar-refractivity contribution < 1.29 is 53.4 Å². The number of benzene rings is 4. The molecule has 0 aliphatic carbocycles. The summed E-state index contributed by atoms with van der Waals surface area (Å²) < 4.78 is -1.37. The number of carbonyl (C=O) groups is 9. The van der Waals surface area contributed by atoms with Crippen molar-refractivity contribution >= 4 is 91.5 Å². The zero-order chi connectivity index (χ0) is 61.5. The number of phenolic OH excluding ortho intramolecular Hbond substituents is 1. The van der Waals surface area contributed by atoms with E-state index in [1.54, 1.807) is 69.3 Å². The third-order valence-corrected chi connectivity index (χ3v) is 17.2. The van der Waals surface area contributed by atoms with Crippen molar-refractivity contribution in [3.8, 4) is 5.75 Å². The van der Waals surface area contributed by atoms with Gasteiger partial charge in [0.05, 0.1) is 19.2 Å². The van der Waals surface area contributed by atoms with Crippen LogP contribution in [0.5, 0.6) is 5.75 Å². The maximum Gasteiger partial charge on any atom is 0.245 e. The van der Waals surface area contributed by atoms with E-state index in [-0.39, 0.29) is 62.7 Å². The second kappa shape index (κ2) is 32.8. The van der Waals surface area contributed by atoms with E-state index in [1.807, 2.05) is 36.4 Å². The van der Waals surface area contributed by atoms with Gasteiger partial charge in [0, 0.05) is 29.4 Å². The number of nitrogens with zero attached hydrogens (tertiary/aromatic N) is 1. The molecule has 20 N–H and O–H groups in total. The molecule has 0 aromatic heterocycles. The molecule has 9 amide bonds. The normalized spacial score (nSPS) is 20.6. The Kier molecular flexibility index (Phi) is 26.1. The van der Waals surface area contributed by atoms with Crippen LogP contribution in [0, 0.1) is 0 Å². The first-order chi connectivity index (χ1) is 40.0. The minimum Gasteiger partial charge on any atom is -0.508 e. The predicted molar refractivity (Wildman–Crippen MR) is 322 cm³/mol. The summed E-state index contributed by atoms with van der Waals surface area (Å²) in [6, 6.07) is 16.2. The topological polar surface area (TPSA) is 433 Å². The number of hydrogen-bond acceptors (Lipinski definition) is 16. The minimum absolute atomic E-state index is 0.00723. The lowest BCUT2D eigenvalue weighted by Crippen LogP contribution is -2.62. The monoisotopic (exact) mass is 1200 g/mol. The fourth-order valence-corrected chi connectivity index (χ4v) is 11.8. The minimum atomic E-state index is -1.67. The van der Waals surface area contributed by atoms with Crippen molar-refractivity contribution in [3.05, 3.63) is 114 Å². The van der Waals surface area contributed by atoms with Crippen LogP contribution in [0.15, 0.2) is 102 Å². The van der Waals surface area contributed by atoms with Gasteiger partial charge in [-0.15, -0.1) is 0 Å². The van der Waals surface area contributed by atoms with Crippen LogP contribution in [0.2, 0.25) is 0 Å². The van der Waals surface area contributed by atoms with Crippen LogP contribution >= 0.6 is 21.6 Å². The van der Waals surface area contributed by atoms with Crippen LogP contribution in [0.1, 0.15) is 75.5 Å². The van der Waals surface area contributed by atoms with Gasteiger partial charge in [0.1, 0.15) is 48.0 Å². The molecular weight excluding hydrogens is 1120 g/mol. The summed E-state index contributed by atoms with van der Waals surface area (Å²) in [5, 5.41) is 43.3. The smallest absolute Gasteiger partial charge is 0.245 e. The number of hydrogen-bond donors (Lipinski definition) is 15. The molecule has 1 heterocycles. The molecule has 27 heteroatoms. The molecule has 84 heavy (non-hydrogen) atoms. The highest BCUT2D eigenvalue weighted by Crippen LogP contribution is 2.39. The Morgan fingerprint density at radius 3 is 2.07 bits per heavy atom. The van der Waals surface area contributed by atoms with Gasteiger partial charge in [0.2, 0.25) is 53.2 Å². The Hall–Kier alpha value is -7.98. The number of aromatic hydroxyl groups is 1. The first-order valence-electron chi connectivity index (χ1n) is 27.4. The number of phenols is 1. The molecule has 1 fully saturated rings. The largest absolute Gasteiger partial charge is 0.508 e. The van der Waals surface area contributed by atoms with Gasteiger partial charge in [-0.3, -0.25) is 48.1 Å². The molecule has 0 saturated carbocycles. The van der Waals surface area contributed by atoms with Crippen molar-refractivity contribution in [2.24, 2.45) is 33.7 Å². The van der Waals surface area contributed by atoms with Gasteiger partial charge in [0.25, 0.3) is 0 Å². The standard InChI is InChI=1S/C57H78N14O11S2/c1-32(36-21-20-35-14-7-8-15-37(35)28-36)46-54(81)64-29-45(74)65-43(30-72)52(79)68-42(27-33-12-5-4-6-13-33)51(78)69-44(53(80)67-41(16-9-10-24-58)50(77)66-40(48(60)75)17-11-25-63-56(61)62)31-83-84-57(2,3)47(55(82)70-46)71-49(76)39(59)26-34-18-22-38(73)23-19-34/h4-8,12-15,18-23,28,32,39-44,46-47,72-73H,9-11,16-17,24-27,29-31,58-59H2,1-3H3,(H2,60,75)(H,64,81)(H,65,74)(H,66,77)(H,67,80)(H,68,79)(H,69,78)(H,70,82)(H,71,76)(H4,61,62,63)/t32-,39+,40+,41+,42+,43+,44?,46-,47+/m1/s1. The Bertz CT molecular complexity index is 2950. The van der Waals surface area contributed by atoms with Crippen molar-refractivity contribution in [1.82, 2.24) is 42.5 Å². The average Bonchev–Trinajstić information content (AvgIpc) is 3.58. The van der Waals surface area contributed by atoms with E-state index in [0.29, 0.717) is 29.5 Å². The summed E-state index contributed by atoms with van der Waals surface area (Å²) in [5.41, 5.74) is 30.6. The highest BCUT2D eigenvalue weighted by atomic mass is 33.1. The molecule has 0 radical (unpaired) electrons. The zero-order valence-electron chi connectivity index (χ0n) is 47.1. The molecule has 1 aliphatic heterocycles. The molecular formula is C57H78N14O11S2. The Morgan fingerprint density at radius 2 is 1.40 bits per heavy atom.